The van der Waals surface area contributed by atoms with E-state index in [9.17, 15) is 14.4 Å². The molecule has 0 saturated carbocycles. The number of ether oxygens (including phenoxy) is 3. The number of allylic oxidation sites excluding steroid dienone is 34. The Morgan fingerprint density at radius 1 is 0.253 bits per heavy atom. The van der Waals surface area contributed by atoms with Gasteiger partial charge in [-0.2, -0.15) is 0 Å². The van der Waals surface area contributed by atoms with E-state index >= 15 is 0 Å². The molecule has 0 radical (unpaired) electrons. The van der Waals surface area contributed by atoms with Crippen LogP contribution in [0.2, 0.25) is 0 Å². The Balaban J connectivity index is 4.63. The standard InChI is InChI=1S/C73H108O6/c1-4-7-10-13-16-19-22-25-28-30-32-34-36-38-40-42-45-48-51-54-57-60-63-66-72(75)78-69-70(68-77-71(74)65-62-59-56-53-50-47-44-27-24-21-18-15-12-9-6-3)79-73(76)67-64-61-58-55-52-49-46-43-41-39-37-35-33-31-29-26-23-20-17-14-11-8-5-2/h7-12,16-21,25-29,32-35,38-41,44-46,48-50,53-54,57,70H,4-6,13-15,22-24,30-31,36-37,42-43,47,51-52,55-56,58-69H2,1-3H3/b10-7-,11-8-,12-9-,19-16-,20-17-,21-18-,28-25-,29-26-,34-32-,35-33-,40-38-,41-39-,44-27-,48-45-,49-46-,53-50-,57-54-. The highest BCUT2D eigenvalue weighted by Crippen LogP contribution is 2.11. The molecule has 0 aliphatic heterocycles. The van der Waals surface area contributed by atoms with Crippen LogP contribution in [0.25, 0.3) is 0 Å². The van der Waals surface area contributed by atoms with Crippen LogP contribution in [-0.2, 0) is 28.6 Å². The molecule has 0 aliphatic rings. The molecule has 0 aliphatic carbocycles. The Bertz CT molecular complexity index is 1960. The predicted molar refractivity (Wildman–Crippen MR) is 343 cm³/mol. The largest absolute Gasteiger partial charge is 0.462 e. The molecule has 0 saturated heterocycles. The second-order valence-corrected chi connectivity index (χ2v) is 19.1. The van der Waals surface area contributed by atoms with Gasteiger partial charge in [-0.05, 0) is 161 Å². The van der Waals surface area contributed by atoms with Crippen molar-refractivity contribution in [3.8, 4) is 0 Å². The first kappa shape index (κ1) is 73.0. The molecule has 436 valence electrons. The van der Waals surface area contributed by atoms with Crippen molar-refractivity contribution in [3.63, 3.8) is 0 Å². The zero-order valence-corrected chi connectivity index (χ0v) is 49.8. The second-order valence-electron chi connectivity index (χ2n) is 19.1. The summed E-state index contributed by atoms with van der Waals surface area (Å²) in [6, 6.07) is 0. The van der Waals surface area contributed by atoms with Crippen molar-refractivity contribution in [1.29, 1.82) is 0 Å². The van der Waals surface area contributed by atoms with Crippen molar-refractivity contribution in [3.05, 3.63) is 207 Å². The Hall–Kier alpha value is -6.01. The van der Waals surface area contributed by atoms with Crippen molar-refractivity contribution in [1.82, 2.24) is 0 Å². The third-order valence-corrected chi connectivity index (χ3v) is 11.8. The van der Waals surface area contributed by atoms with Gasteiger partial charge in [0.25, 0.3) is 0 Å². The summed E-state index contributed by atoms with van der Waals surface area (Å²) in [6.45, 7) is 6.16. The number of esters is 3. The van der Waals surface area contributed by atoms with Crippen molar-refractivity contribution < 1.29 is 28.6 Å². The summed E-state index contributed by atoms with van der Waals surface area (Å²) < 4.78 is 16.8. The van der Waals surface area contributed by atoms with E-state index in [0.717, 1.165) is 154 Å². The highest BCUT2D eigenvalue weighted by atomic mass is 16.6. The Labute approximate surface area is 483 Å². The molecule has 0 N–H and O–H groups in total. The zero-order valence-electron chi connectivity index (χ0n) is 49.8. The van der Waals surface area contributed by atoms with Gasteiger partial charge in [0.2, 0.25) is 0 Å². The van der Waals surface area contributed by atoms with Gasteiger partial charge in [-0.25, -0.2) is 0 Å². The SMILES string of the molecule is CC/C=C\C/C=C\C/C=C\C/C=C\C/C=C\C/C=C\C/C=C\CCCC(=O)OCC(COC(=O)CCCC/C=C\C/C=C\C/C=C\C/C=C\CC)OC(=O)CCCCCC/C=C\C/C=C\C/C=C\C/C=C\C/C=C\C/C=C\CC. The molecule has 0 heterocycles. The molecular formula is C73H108O6. The van der Waals surface area contributed by atoms with E-state index in [4.69, 9.17) is 14.2 Å². The van der Waals surface area contributed by atoms with Crippen molar-refractivity contribution in [2.24, 2.45) is 0 Å². The fraction of sp³-hybridized carbons (Fsp3) is 0.493. The lowest BCUT2D eigenvalue weighted by molar-refractivity contribution is -0.167. The number of carbonyl (C=O) groups is 3. The minimum atomic E-state index is -0.848. The second kappa shape index (κ2) is 64.5. The van der Waals surface area contributed by atoms with Crippen LogP contribution in [0, 0.1) is 0 Å². The Morgan fingerprint density at radius 2 is 0.468 bits per heavy atom. The average Bonchev–Trinajstić information content (AvgIpc) is 3.45. The molecule has 0 fully saturated rings. The highest BCUT2D eigenvalue weighted by Gasteiger charge is 2.19. The third kappa shape index (κ3) is 62.7. The van der Waals surface area contributed by atoms with E-state index in [2.05, 4.69) is 227 Å². The van der Waals surface area contributed by atoms with Crippen LogP contribution in [0.5, 0.6) is 0 Å². The monoisotopic (exact) mass is 1080 g/mol. The fourth-order valence-corrected chi connectivity index (χ4v) is 7.31. The average molecular weight is 1080 g/mol. The predicted octanol–water partition coefficient (Wildman–Crippen LogP) is 21.2. The van der Waals surface area contributed by atoms with Gasteiger partial charge in [0.1, 0.15) is 13.2 Å². The molecule has 6 heteroatoms. The van der Waals surface area contributed by atoms with E-state index in [-0.39, 0.29) is 50.4 Å². The van der Waals surface area contributed by atoms with Gasteiger partial charge < -0.3 is 14.2 Å². The highest BCUT2D eigenvalue weighted by molar-refractivity contribution is 5.71. The van der Waals surface area contributed by atoms with Gasteiger partial charge in [0.15, 0.2) is 6.10 Å². The fourth-order valence-electron chi connectivity index (χ4n) is 7.31. The first-order valence-corrected chi connectivity index (χ1v) is 30.6. The van der Waals surface area contributed by atoms with Crippen LogP contribution in [0.3, 0.4) is 0 Å². The van der Waals surface area contributed by atoms with Crippen LogP contribution in [-0.4, -0.2) is 37.2 Å². The number of rotatable bonds is 52. The van der Waals surface area contributed by atoms with Gasteiger partial charge in [0, 0.05) is 19.3 Å². The molecule has 0 aromatic carbocycles. The minimum Gasteiger partial charge on any atom is -0.462 e. The Kier molecular flexibility index (Phi) is 59.6. The molecule has 1 unspecified atom stereocenters. The summed E-state index contributed by atoms with van der Waals surface area (Å²) in [5.41, 5.74) is 0. The van der Waals surface area contributed by atoms with Crippen molar-refractivity contribution in [2.75, 3.05) is 13.2 Å². The smallest absolute Gasteiger partial charge is 0.306 e. The first-order chi connectivity index (χ1) is 39.0. The number of unbranched alkanes of at least 4 members (excludes halogenated alkanes) is 7. The van der Waals surface area contributed by atoms with E-state index < -0.39 is 6.10 Å². The molecule has 0 bridgehead atoms. The van der Waals surface area contributed by atoms with Crippen LogP contribution >= 0.6 is 0 Å². The van der Waals surface area contributed by atoms with Crippen molar-refractivity contribution in [2.45, 2.75) is 219 Å². The molecular weight excluding hydrogens is 973 g/mol. The molecule has 6 nitrogen and oxygen atoms in total. The maximum atomic E-state index is 12.9. The van der Waals surface area contributed by atoms with Gasteiger partial charge in [-0.3, -0.25) is 14.4 Å². The van der Waals surface area contributed by atoms with Crippen molar-refractivity contribution >= 4 is 17.9 Å². The molecule has 0 aromatic heterocycles. The molecule has 1 atom stereocenters. The van der Waals surface area contributed by atoms with Crippen LogP contribution in [0.4, 0.5) is 0 Å². The molecule has 0 amide bonds. The summed E-state index contributed by atoms with van der Waals surface area (Å²) in [4.78, 5) is 38.3. The lowest BCUT2D eigenvalue weighted by atomic mass is 10.1. The lowest BCUT2D eigenvalue weighted by Gasteiger charge is -2.18. The molecule has 0 rings (SSSR count). The summed E-state index contributed by atoms with van der Waals surface area (Å²) >= 11 is 0. The summed E-state index contributed by atoms with van der Waals surface area (Å²) in [5.74, 6) is -1.08. The maximum absolute atomic E-state index is 12.9. The summed E-state index contributed by atoms with van der Waals surface area (Å²) in [5, 5.41) is 0. The molecule has 0 aromatic rings. The summed E-state index contributed by atoms with van der Waals surface area (Å²) in [6.07, 6.45) is 99.7. The zero-order chi connectivity index (χ0) is 57.1. The maximum Gasteiger partial charge on any atom is 0.306 e. The van der Waals surface area contributed by atoms with Crippen LogP contribution < -0.4 is 0 Å². The number of hydrogen-bond donors (Lipinski definition) is 0. The van der Waals surface area contributed by atoms with Gasteiger partial charge in [-0.1, -0.05) is 240 Å². The van der Waals surface area contributed by atoms with Gasteiger partial charge >= 0.3 is 17.9 Å². The topological polar surface area (TPSA) is 78.9 Å². The first-order valence-electron chi connectivity index (χ1n) is 30.6. The quantitative estimate of drug-likeness (QED) is 0.0261. The molecule has 79 heavy (non-hydrogen) atoms. The lowest BCUT2D eigenvalue weighted by Crippen LogP contribution is -2.30. The van der Waals surface area contributed by atoms with E-state index in [1.54, 1.807) is 0 Å². The van der Waals surface area contributed by atoms with E-state index in [1.165, 1.54) is 0 Å². The normalized spacial score (nSPS) is 13.6. The van der Waals surface area contributed by atoms with Gasteiger partial charge in [0.05, 0.1) is 0 Å². The van der Waals surface area contributed by atoms with Crippen LogP contribution in [0.15, 0.2) is 207 Å². The summed E-state index contributed by atoms with van der Waals surface area (Å²) in [7, 11) is 0. The molecule has 0 spiro atoms. The Morgan fingerprint density at radius 3 is 0.772 bits per heavy atom. The van der Waals surface area contributed by atoms with E-state index in [0.29, 0.717) is 19.3 Å². The van der Waals surface area contributed by atoms with E-state index in [1.807, 2.05) is 0 Å². The van der Waals surface area contributed by atoms with Gasteiger partial charge in [-0.15, -0.1) is 0 Å². The number of hydrogen-bond acceptors (Lipinski definition) is 6. The third-order valence-electron chi connectivity index (χ3n) is 11.8. The number of carbonyl (C=O) groups excluding carboxylic acids is 3. The van der Waals surface area contributed by atoms with Crippen LogP contribution in [0.1, 0.15) is 213 Å². The minimum absolute atomic E-state index is 0.141.